The van der Waals surface area contributed by atoms with Crippen LogP contribution in [-0.2, 0) is 17.8 Å². The summed E-state index contributed by atoms with van der Waals surface area (Å²) < 4.78 is 18.4. The molecule has 0 aliphatic carbocycles. The number of carbonyl (C=O) groups is 1. The van der Waals surface area contributed by atoms with Crippen LogP contribution in [0.2, 0.25) is 5.02 Å². The van der Waals surface area contributed by atoms with Gasteiger partial charge in [-0.05, 0) is 74.7 Å². The Bertz CT molecular complexity index is 1030. The second-order valence-electron chi connectivity index (χ2n) is 8.06. The summed E-state index contributed by atoms with van der Waals surface area (Å²) in [6.07, 6.45) is 3.31. The number of piperidine rings is 1. The Kier molecular flexibility index (Phi) is 7.50. The molecule has 0 unspecified atom stereocenters. The Labute approximate surface area is 191 Å². The lowest BCUT2D eigenvalue weighted by Gasteiger charge is -2.30. The first-order valence-corrected chi connectivity index (χ1v) is 11.3. The van der Waals surface area contributed by atoms with Crippen LogP contribution in [0.1, 0.15) is 30.7 Å². The summed E-state index contributed by atoms with van der Waals surface area (Å²) in [4.78, 5) is 19.1. The highest BCUT2D eigenvalue weighted by molar-refractivity contribution is 6.31. The van der Waals surface area contributed by atoms with E-state index in [2.05, 4.69) is 20.4 Å². The summed E-state index contributed by atoms with van der Waals surface area (Å²) in [5.41, 5.74) is 1.83. The fraction of sp³-hybridized carbons (Fsp3) is 0.375. The third-order valence-electron chi connectivity index (χ3n) is 5.77. The minimum Gasteiger partial charge on any atom is -0.356 e. The van der Waals surface area contributed by atoms with Crippen LogP contribution < -0.4 is 5.32 Å². The lowest BCUT2D eigenvalue weighted by Crippen LogP contribution is -2.40. The van der Waals surface area contributed by atoms with E-state index in [1.165, 1.54) is 12.1 Å². The highest BCUT2D eigenvalue weighted by Gasteiger charge is 2.25. The molecule has 4 rings (SSSR count). The van der Waals surface area contributed by atoms with Crippen molar-refractivity contribution in [3.63, 3.8) is 0 Å². The van der Waals surface area contributed by atoms with E-state index < -0.39 is 0 Å². The van der Waals surface area contributed by atoms with Crippen LogP contribution in [0.3, 0.4) is 0 Å². The van der Waals surface area contributed by atoms with E-state index in [0.717, 1.165) is 49.4 Å². The number of amides is 1. The maximum atomic E-state index is 13.1. The van der Waals surface area contributed by atoms with Gasteiger partial charge in [0.15, 0.2) is 0 Å². The van der Waals surface area contributed by atoms with E-state index in [1.807, 2.05) is 24.3 Å². The second-order valence-corrected chi connectivity index (χ2v) is 8.46. The zero-order valence-corrected chi connectivity index (χ0v) is 18.5. The number of rotatable bonds is 8. The van der Waals surface area contributed by atoms with Crippen molar-refractivity contribution in [3.05, 3.63) is 70.8 Å². The minimum atomic E-state index is -0.301. The van der Waals surface area contributed by atoms with Gasteiger partial charge in [-0.3, -0.25) is 9.69 Å². The topological polar surface area (TPSA) is 71.3 Å². The number of benzene rings is 2. The predicted molar refractivity (Wildman–Crippen MR) is 120 cm³/mol. The van der Waals surface area contributed by atoms with Crippen molar-refractivity contribution in [2.45, 2.75) is 32.2 Å². The highest BCUT2D eigenvalue weighted by Crippen LogP contribution is 2.21. The van der Waals surface area contributed by atoms with Crippen LogP contribution >= 0.6 is 11.6 Å². The molecule has 1 fully saturated rings. The molecule has 1 aliphatic rings. The molecule has 1 amide bonds. The van der Waals surface area contributed by atoms with E-state index >= 15 is 0 Å². The number of likely N-dealkylation sites (tertiary alicyclic amines) is 1. The fourth-order valence-electron chi connectivity index (χ4n) is 3.92. The average Bonchev–Trinajstić information content (AvgIpc) is 3.27. The summed E-state index contributed by atoms with van der Waals surface area (Å²) in [5, 5.41) is 7.83. The average molecular weight is 457 g/mol. The molecule has 1 N–H and O–H groups in total. The van der Waals surface area contributed by atoms with Gasteiger partial charge in [-0.15, -0.1) is 0 Å². The number of nitrogens with zero attached hydrogens (tertiary/aromatic N) is 3. The molecule has 0 atom stereocenters. The van der Waals surface area contributed by atoms with Crippen LogP contribution in [0.15, 0.2) is 53.1 Å². The van der Waals surface area contributed by atoms with Gasteiger partial charge in [-0.25, -0.2) is 4.39 Å². The van der Waals surface area contributed by atoms with Crippen LogP contribution in [0, 0.1) is 11.7 Å². The van der Waals surface area contributed by atoms with Crippen molar-refractivity contribution in [1.82, 2.24) is 20.4 Å². The number of nitrogens with one attached hydrogen (secondary N) is 1. The lowest BCUT2D eigenvalue weighted by atomic mass is 9.96. The zero-order chi connectivity index (χ0) is 22.3. The van der Waals surface area contributed by atoms with Crippen molar-refractivity contribution < 1.29 is 13.7 Å². The molecular formula is C24H26ClFN4O2. The Balaban J connectivity index is 1.17. The quantitative estimate of drug-likeness (QED) is 0.506. The first-order chi connectivity index (χ1) is 15.6. The fourth-order valence-corrected chi connectivity index (χ4v) is 4.15. The van der Waals surface area contributed by atoms with Gasteiger partial charge in [0.05, 0.1) is 6.54 Å². The summed E-state index contributed by atoms with van der Waals surface area (Å²) in [6, 6.07) is 13.8. The van der Waals surface area contributed by atoms with Crippen molar-refractivity contribution in [2.75, 3.05) is 19.6 Å². The molecule has 0 radical (unpaired) electrons. The first-order valence-electron chi connectivity index (χ1n) is 10.9. The van der Waals surface area contributed by atoms with Crippen molar-refractivity contribution in [3.8, 4) is 11.4 Å². The van der Waals surface area contributed by atoms with Crippen LogP contribution in [0.4, 0.5) is 4.39 Å². The van der Waals surface area contributed by atoms with Gasteiger partial charge in [0.1, 0.15) is 5.82 Å². The van der Waals surface area contributed by atoms with E-state index in [0.29, 0.717) is 30.4 Å². The van der Waals surface area contributed by atoms with E-state index in [4.69, 9.17) is 16.1 Å². The maximum Gasteiger partial charge on any atom is 0.241 e. The van der Waals surface area contributed by atoms with Gasteiger partial charge < -0.3 is 9.84 Å². The first kappa shape index (κ1) is 22.4. The standard InChI is InChI=1S/C24H26ClFN4O2/c25-21-6-2-1-4-17(21)5-3-13-27-24(31)19-11-14-30(15-12-19)16-22-28-23(29-32-22)18-7-9-20(26)10-8-18/h1-2,4,6-10,19H,3,5,11-16H2,(H,27,31). The lowest BCUT2D eigenvalue weighted by molar-refractivity contribution is -0.126. The SMILES string of the molecule is O=C(NCCCc1ccccc1Cl)C1CCN(Cc2nc(-c3ccc(F)cc3)no2)CC1. The second kappa shape index (κ2) is 10.7. The molecule has 1 aliphatic heterocycles. The molecule has 0 spiro atoms. The molecule has 8 heteroatoms. The third-order valence-corrected chi connectivity index (χ3v) is 6.14. The third kappa shape index (κ3) is 5.93. The Morgan fingerprint density at radius 1 is 1.16 bits per heavy atom. The number of halogens is 2. The summed E-state index contributed by atoms with van der Waals surface area (Å²) in [6.45, 7) is 2.79. The largest absolute Gasteiger partial charge is 0.356 e. The molecule has 1 saturated heterocycles. The van der Waals surface area contributed by atoms with Gasteiger partial charge in [0, 0.05) is 23.0 Å². The zero-order valence-electron chi connectivity index (χ0n) is 17.8. The van der Waals surface area contributed by atoms with E-state index in [1.54, 1.807) is 12.1 Å². The normalized spacial score (nSPS) is 15.1. The summed E-state index contributed by atoms with van der Waals surface area (Å²) in [7, 11) is 0. The molecule has 0 bridgehead atoms. The molecule has 168 valence electrons. The molecule has 32 heavy (non-hydrogen) atoms. The molecule has 2 heterocycles. The number of aryl methyl sites for hydroxylation is 1. The van der Waals surface area contributed by atoms with Gasteiger partial charge in [0.25, 0.3) is 0 Å². The number of aromatic nitrogens is 2. The van der Waals surface area contributed by atoms with Crippen molar-refractivity contribution >= 4 is 17.5 Å². The highest BCUT2D eigenvalue weighted by atomic mass is 35.5. The van der Waals surface area contributed by atoms with E-state index in [-0.39, 0.29) is 17.6 Å². The van der Waals surface area contributed by atoms with Crippen molar-refractivity contribution in [1.29, 1.82) is 0 Å². The Morgan fingerprint density at radius 3 is 2.66 bits per heavy atom. The Morgan fingerprint density at radius 2 is 1.91 bits per heavy atom. The number of carbonyl (C=O) groups excluding carboxylic acids is 1. The molecule has 2 aromatic carbocycles. The molecular weight excluding hydrogens is 431 g/mol. The Hall–Kier alpha value is -2.77. The summed E-state index contributed by atoms with van der Waals surface area (Å²) in [5.74, 6) is 0.826. The van der Waals surface area contributed by atoms with Gasteiger partial charge >= 0.3 is 0 Å². The maximum absolute atomic E-state index is 13.1. The molecule has 3 aromatic rings. The molecule has 1 aromatic heterocycles. The number of hydrogen-bond acceptors (Lipinski definition) is 5. The predicted octanol–water partition coefficient (Wildman–Crippen LogP) is 4.49. The van der Waals surface area contributed by atoms with Gasteiger partial charge in [0.2, 0.25) is 17.6 Å². The van der Waals surface area contributed by atoms with Crippen molar-refractivity contribution in [2.24, 2.45) is 5.92 Å². The van der Waals surface area contributed by atoms with Gasteiger partial charge in [-0.1, -0.05) is 35.0 Å². The van der Waals surface area contributed by atoms with E-state index in [9.17, 15) is 9.18 Å². The van der Waals surface area contributed by atoms with Crippen LogP contribution in [0.5, 0.6) is 0 Å². The monoisotopic (exact) mass is 456 g/mol. The molecule has 6 nitrogen and oxygen atoms in total. The summed E-state index contributed by atoms with van der Waals surface area (Å²) >= 11 is 6.18. The number of hydrogen-bond donors (Lipinski definition) is 1. The smallest absolute Gasteiger partial charge is 0.241 e. The molecule has 0 saturated carbocycles. The van der Waals surface area contributed by atoms with Crippen LogP contribution in [-0.4, -0.2) is 40.6 Å². The van der Waals surface area contributed by atoms with Gasteiger partial charge in [-0.2, -0.15) is 4.98 Å². The van der Waals surface area contributed by atoms with Crippen LogP contribution in [0.25, 0.3) is 11.4 Å². The minimum absolute atomic E-state index is 0.0315.